The van der Waals surface area contributed by atoms with E-state index in [0.717, 1.165) is 0 Å². The fourth-order valence-corrected chi connectivity index (χ4v) is 3.21. The molecule has 1 aromatic carbocycles. The van der Waals surface area contributed by atoms with Crippen molar-refractivity contribution in [1.82, 2.24) is 4.90 Å². The molecular weight excluding hydrogens is 276 g/mol. The Bertz CT molecular complexity index is 580. The molecule has 0 spiro atoms. The van der Waals surface area contributed by atoms with E-state index in [1.54, 1.807) is 25.8 Å². The number of aliphatic hydroxyl groups is 1. The van der Waals surface area contributed by atoms with Crippen molar-refractivity contribution in [1.29, 1.82) is 5.26 Å². The molecule has 0 fully saturated rings. The second-order valence-electron chi connectivity index (χ2n) is 5.51. The average molecular weight is 296 g/mol. The summed E-state index contributed by atoms with van der Waals surface area (Å²) in [4.78, 5) is 1.99. The van der Waals surface area contributed by atoms with Crippen LogP contribution in [0.25, 0.3) is 0 Å². The molecule has 1 N–H and O–H groups in total. The highest BCUT2D eigenvalue weighted by atomic mass is 32.2. The van der Waals surface area contributed by atoms with Crippen molar-refractivity contribution in [2.45, 2.75) is 24.3 Å². The molecule has 0 saturated carbocycles. The first-order valence-electron chi connectivity index (χ1n) is 6.28. The summed E-state index contributed by atoms with van der Waals surface area (Å²) in [6.07, 6.45) is 0. The van der Waals surface area contributed by atoms with Gasteiger partial charge in [-0.25, -0.2) is 8.42 Å². The summed E-state index contributed by atoms with van der Waals surface area (Å²) in [5.41, 5.74) is -0.421. The van der Waals surface area contributed by atoms with Crippen molar-refractivity contribution in [2.24, 2.45) is 0 Å². The number of sulfone groups is 1. The first-order chi connectivity index (χ1) is 9.14. The van der Waals surface area contributed by atoms with Crippen LogP contribution in [0.3, 0.4) is 0 Å². The molecule has 1 aromatic rings. The lowest BCUT2D eigenvalue weighted by atomic mass is 10.1. The van der Waals surface area contributed by atoms with Gasteiger partial charge in [-0.15, -0.1) is 0 Å². The van der Waals surface area contributed by atoms with Gasteiger partial charge in [-0.1, -0.05) is 0 Å². The van der Waals surface area contributed by atoms with E-state index >= 15 is 0 Å². The van der Waals surface area contributed by atoms with Crippen LogP contribution in [0.15, 0.2) is 29.2 Å². The molecule has 110 valence electrons. The van der Waals surface area contributed by atoms with E-state index < -0.39 is 15.4 Å². The van der Waals surface area contributed by atoms with E-state index in [1.807, 2.05) is 6.07 Å². The molecule has 0 unspecified atom stereocenters. The number of rotatable bonds is 6. The number of hydrogen-bond acceptors (Lipinski definition) is 5. The zero-order valence-electron chi connectivity index (χ0n) is 12.0. The minimum atomic E-state index is -3.37. The normalized spacial score (nSPS) is 12.4. The Labute approximate surface area is 120 Å². The van der Waals surface area contributed by atoms with Crippen molar-refractivity contribution in [3.63, 3.8) is 0 Å². The van der Waals surface area contributed by atoms with Gasteiger partial charge < -0.3 is 10.0 Å². The second kappa shape index (κ2) is 6.35. The molecule has 5 nitrogen and oxygen atoms in total. The molecule has 0 atom stereocenters. The summed E-state index contributed by atoms with van der Waals surface area (Å²) < 4.78 is 24.3. The highest BCUT2D eigenvalue weighted by Gasteiger charge is 2.19. The standard InChI is InChI=1S/C14H20N2O3S/c1-14(2,17)11-16(3)8-9-20(18,19)13-6-4-12(10-15)5-7-13/h4-7,17H,8-9,11H2,1-3H3. The average Bonchev–Trinajstić information content (AvgIpc) is 2.35. The topological polar surface area (TPSA) is 81.4 Å². The smallest absolute Gasteiger partial charge is 0.179 e. The van der Waals surface area contributed by atoms with Crippen LogP contribution in [-0.4, -0.2) is 49.9 Å². The molecule has 20 heavy (non-hydrogen) atoms. The minimum absolute atomic E-state index is 0.0223. The van der Waals surface area contributed by atoms with Crippen LogP contribution in [-0.2, 0) is 9.84 Å². The molecule has 0 aliphatic carbocycles. The van der Waals surface area contributed by atoms with Crippen molar-refractivity contribution in [3.05, 3.63) is 29.8 Å². The lowest BCUT2D eigenvalue weighted by Crippen LogP contribution is -2.38. The van der Waals surface area contributed by atoms with Crippen LogP contribution in [0, 0.1) is 11.3 Å². The largest absolute Gasteiger partial charge is 0.389 e. The number of benzene rings is 1. The molecule has 0 radical (unpaired) electrons. The molecule has 0 saturated heterocycles. The van der Waals surface area contributed by atoms with Gasteiger partial charge in [-0.2, -0.15) is 5.26 Å². The van der Waals surface area contributed by atoms with Crippen LogP contribution in [0.5, 0.6) is 0 Å². The van der Waals surface area contributed by atoms with Gasteiger partial charge in [0.2, 0.25) is 0 Å². The Balaban J connectivity index is 2.68. The molecule has 0 aromatic heterocycles. The fraction of sp³-hybridized carbons (Fsp3) is 0.500. The summed E-state index contributed by atoms with van der Waals surface area (Å²) in [6.45, 7) is 4.10. The van der Waals surface area contributed by atoms with E-state index in [-0.39, 0.29) is 10.6 Å². The zero-order chi connectivity index (χ0) is 15.4. The van der Waals surface area contributed by atoms with Crippen LogP contribution in [0.1, 0.15) is 19.4 Å². The summed E-state index contributed by atoms with van der Waals surface area (Å²) in [5.74, 6) is -0.0223. The summed E-state index contributed by atoms with van der Waals surface area (Å²) in [6, 6.07) is 7.83. The van der Waals surface area contributed by atoms with Crippen molar-refractivity contribution >= 4 is 9.84 Å². The molecule has 0 aliphatic rings. The summed E-state index contributed by atoms with van der Waals surface area (Å²) >= 11 is 0. The van der Waals surface area contributed by atoms with E-state index in [0.29, 0.717) is 18.7 Å². The number of hydrogen-bond donors (Lipinski definition) is 1. The molecular formula is C14H20N2O3S. The van der Waals surface area contributed by atoms with Crippen LogP contribution in [0.4, 0.5) is 0 Å². The summed E-state index contributed by atoms with van der Waals surface area (Å²) in [5, 5.41) is 18.4. The molecule has 1 rings (SSSR count). The van der Waals surface area contributed by atoms with Crippen molar-refractivity contribution < 1.29 is 13.5 Å². The van der Waals surface area contributed by atoms with Gasteiger partial charge in [0, 0.05) is 13.1 Å². The van der Waals surface area contributed by atoms with Crippen molar-refractivity contribution in [2.75, 3.05) is 25.9 Å². The molecule has 6 heteroatoms. The predicted octanol–water partition coefficient (Wildman–Crippen LogP) is 1.03. The molecule has 0 amide bonds. The molecule has 0 bridgehead atoms. The van der Waals surface area contributed by atoms with Crippen molar-refractivity contribution in [3.8, 4) is 6.07 Å². The van der Waals surface area contributed by atoms with Gasteiger partial charge in [0.15, 0.2) is 9.84 Å². The lowest BCUT2D eigenvalue weighted by molar-refractivity contribution is 0.0463. The third kappa shape index (κ3) is 5.29. The van der Waals surface area contributed by atoms with Gasteiger partial charge in [0.25, 0.3) is 0 Å². The second-order valence-corrected chi connectivity index (χ2v) is 7.61. The highest BCUT2D eigenvalue weighted by molar-refractivity contribution is 7.91. The maximum Gasteiger partial charge on any atom is 0.179 e. The Morgan fingerprint density at radius 3 is 2.30 bits per heavy atom. The Kier molecular flexibility index (Phi) is 5.28. The van der Waals surface area contributed by atoms with Crippen LogP contribution >= 0.6 is 0 Å². The van der Waals surface area contributed by atoms with Gasteiger partial charge in [-0.05, 0) is 45.2 Å². The first-order valence-corrected chi connectivity index (χ1v) is 7.93. The SMILES string of the molecule is CN(CCS(=O)(=O)c1ccc(C#N)cc1)CC(C)(C)O. The molecule has 0 heterocycles. The van der Waals surface area contributed by atoms with E-state index in [2.05, 4.69) is 0 Å². The van der Waals surface area contributed by atoms with Crippen LogP contribution in [0.2, 0.25) is 0 Å². The fourth-order valence-electron chi connectivity index (χ4n) is 1.87. The van der Waals surface area contributed by atoms with Gasteiger partial charge in [-0.3, -0.25) is 0 Å². The van der Waals surface area contributed by atoms with Gasteiger partial charge in [0.1, 0.15) is 0 Å². The third-order valence-electron chi connectivity index (χ3n) is 2.74. The van der Waals surface area contributed by atoms with Gasteiger partial charge >= 0.3 is 0 Å². The monoisotopic (exact) mass is 296 g/mol. The predicted molar refractivity (Wildman–Crippen MR) is 77.0 cm³/mol. The number of nitrogens with zero attached hydrogens (tertiary/aromatic N) is 2. The van der Waals surface area contributed by atoms with E-state index in [9.17, 15) is 13.5 Å². The molecule has 0 aliphatic heterocycles. The number of nitriles is 1. The first kappa shape index (κ1) is 16.6. The highest BCUT2D eigenvalue weighted by Crippen LogP contribution is 2.13. The van der Waals surface area contributed by atoms with Crippen LogP contribution < -0.4 is 0 Å². The minimum Gasteiger partial charge on any atom is -0.389 e. The quantitative estimate of drug-likeness (QED) is 0.848. The number of likely N-dealkylation sites (N-methyl/N-ethyl adjacent to an activating group) is 1. The maximum absolute atomic E-state index is 12.1. The van der Waals surface area contributed by atoms with E-state index in [1.165, 1.54) is 24.3 Å². The zero-order valence-corrected chi connectivity index (χ0v) is 12.8. The Morgan fingerprint density at radius 1 is 1.30 bits per heavy atom. The Hall–Kier alpha value is -1.42. The van der Waals surface area contributed by atoms with E-state index in [4.69, 9.17) is 5.26 Å². The summed E-state index contributed by atoms with van der Waals surface area (Å²) in [7, 11) is -1.60. The maximum atomic E-state index is 12.1. The third-order valence-corrected chi connectivity index (χ3v) is 4.45. The lowest BCUT2D eigenvalue weighted by Gasteiger charge is -2.25. The van der Waals surface area contributed by atoms with Gasteiger partial charge in [0.05, 0.1) is 27.9 Å². The Morgan fingerprint density at radius 2 is 1.85 bits per heavy atom.